The van der Waals surface area contributed by atoms with E-state index in [-0.39, 0.29) is 50.6 Å². The van der Waals surface area contributed by atoms with Crippen LogP contribution in [0.3, 0.4) is 0 Å². The summed E-state index contributed by atoms with van der Waals surface area (Å²) in [6, 6.07) is 16.7. The molecule has 9 amide bonds. The van der Waals surface area contributed by atoms with E-state index in [1.54, 1.807) is 31.1 Å². The smallest absolute Gasteiger partial charge is 0.245 e. The minimum absolute atomic E-state index is 0.0527. The lowest BCUT2D eigenvalue weighted by Gasteiger charge is -2.31. The molecule has 0 bridgehead atoms. The quantitative estimate of drug-likeness (QED) is 0.0293. The van der Waals surface area contributed by atoms with Crippen molar-refractivity contribution in [1.29, 1.82) is 0 Å². The van der Waals surface area contributed by atoms with Gasteiger partial charge in [-0.05, 0) is 81.0 Å². The number of hydrogen-bond acceptors (Lipinski definition) is 12. The van der Waals surface area contributed by atoms with Crippen molar-refractivity contribution >= 4 is 64.1 Å². The Hall–Kier alpha value is -8.44. The lowest BCUT2D eigenvalue weighted by Crippen LogP contribution is -2.60. The van der Waals surface area contributed by atoms with Crippen LogP contribution in [0.2, 0.25) is 0 Å². The number of carbonyl (C=O) groups excluding carboxylic acids is 9. The first kappa shape index (κ1) is 60.8. The van der Waals surface area contributed by atoms with Gasteiger partial charge in [0.15, 0.2) is 0 Å². The number of nitrogens with two attached hydrogens (primary N) is 3. The van der Waals surface area contributed by atoms with Gasteiger partial charge in [-0.25, -0.2) is 4.98 Å². The van der Waals surface area contributed by atoms with Crippen molar-refractivity contribution in [2.45, 2.75) is 140 Å². The van der Waals surface area contributed by atoms with E-state index in [4.69, 9.17) is 17.2 Å². The van der Waals surface area contributed by atoms with Gasteiger partial charge in [-0.15, -0.1) is 0 Å². The number of likely N-dealkylation sites (tertiary alicyclic amines) is 1. The zero-order chi connectivity index (χ0) is 57.9. The van der Waals surface area contributed by atoms with Gasteiger partial charge >= 0.3 is 0 Å². The predicted molar refractivity (Wildman–Crippen MR) is 299 cm³/mol. The molecule has 6 rings (SSSR count). The molecule has 9 atom stereocenters. The number of aromatic nitrogens is 3. The molecule has 23 heteroatoms. The minimum Gasteiger partial charge on any atom is -0.370 e. The molecular weight excluding hydrogens is 1020 g/mol. The van der Waals surface area contributed by atoms with E-state index in [1.807, 2.05) is 84.9 Å². The van der Waals surface area contributed by atoms with E-state index in [1.165, 1.54) is 20.2 Å². The van der Waals surface area contributed by atoms with E-state index in [9.17, 15) is 43.2 Å². The van der Waals surface area contributed by atoms with E-state index in [2.05, 4.69) is 52.2 Å². The average molecular weight is 1100 g/mol. The third-order valence-electron chi connectivity index (χ3n) is 14.2. The highest BCUT2D eigenvalue weighted by molar-refractivity contribution is 5.98. The van der Waals surface area contributed by atoms with Gasteiger partial charge in [0.25, 0.3) is 0 Å². The molecule has 1 saturated heterocycles. The normalized spacial score (nSPS) is 16.2. The molecule has 3 heterocycles. The van der Waals surface area contributed by atoms with Gasteiger partial charge in [0.2, 0.25) is 53.2 Å². The number of para-hydroxylation sites is 1. The fraction of sp³-hybridized carbons (Fsp3) is 0.439. The first-order valence-corrected chi connectivity index (χ1v) is 27.1. The molecule has 0 radical (unpaired) electrons. The largest absolute Gasteiger partial charge is 0.370 e. The van der Waals surface area contributed by atoms with Crippen LogP contribution >= 0.6 is 0 Å². The van der Waals surface area contributed by atoms with Crippen molar-refractivity contribution in [3.8, 4) is 0 Å². The first-order valence-electron chi connectivity index (χ1n) is 27.1. The Bertz CT molecular complexity index is 2900. The topological polar surface area (TPSA) is 364 Å². The van der Waals surface area contributed by atoms with Crippen LogP contribution in [-0.4, -0.2) is 140 Å². The van der Waals surface area contributed by atoms with Crippen LogP contribution in [0.25, 0.3) is 10.9 Å². The van der Waals surface area contributed by atoms with Gasteiger partial charge < -0.3 is 69.3 Å². The molecule has 1 aliphatic heterocycles. The summed E-state index contributed by atoms with van der Waals surface area (Å²) >= 11 is 0. The maximum absolute atomic E-state index is 14.4. The molecule has 1 fully saturated rings. The number of aryl methyl sites for hydroxylation is 1. The van der Waals surface area contributed by atoms with Gasteiger partial charge in [-0.1, -0.05) is 92.7 Å². The highest BCUT2D eigenvalue weighted by Crippen LogP contribution is 2.21. The number of fused-ring (bicyclic) bond motifs is 1. The van der Waals surface area contributed by atoms with Gasteiger partial charge in [0, 0.05) is 67.4 Å². The Kier molecular flexibility index (Phi) is 22.4. The molecule has 0 unspecified atom stereocenters. The zero-order valence-corrected chi connectivity index (χ0v) is 45.7. The summed E-state index contributed by atoms with van der Waals surface area (Å²) < 4.78 is 0. The van der Waals surface area contributed by atoms with E-state index >= 15 is 0 Å². The van der Waals surface area contributed by atoms with Crippen LogP contribution in [0.4, 0.5) is 0 Å². The molecule has 1 aliphatic rings. The number of benzene rings is 3. The molecular formula is C57H76N14O9. The molecule has 2 aromatic heterocycles. The molecule has 15 N–H and O–H groups in total. The molecule has 80 heavy (non-hydrogen) atoms. The number of amides is 9. The second-order valence-electron chi connectivity index (χ2n) is 20.7. The number of H-pyrrole nitrogens is 2. The lowest BCUT2D eigenvalue weighted by atomic mass is 10.0. The van der Waals surface area contributed by atoms with Crippen LogP contribution < -0.4 is 54.4 Å². The Morgan fingerprint density at radius 3 is 1.90 bits per heavy atom. The van der Waals surface area contributed by atoms with Crippen molar-refractivity contribution in [3.63, 3.8) is 0 Å². The minimum atomic E-state index is -1.34. The third-order valence-corrected chi connectivity index (χ3v) is 14.2. The summed E-state index contributed by atoms with van der Waals surface area (Å²) in [7, 11) is 0. The summed E-state index contributed by atoms with van der Waals surface area (Å²) in [6.07, 6.45) is 6.64. The summed E-state index contributed by atoms with van der Waals surface area (Å²) in [5.41, 5.74) is 21.3. The number of hydrogen-bond donors (Lipinski definition) is 12. The number of imidazole rings is 1. The second-order valence-corrected chi connectivity index (χ2v) is 20.7. The van der Waals surface area contributed by atoms with Gasteiger partial charge in [-0.3, -0.25) is 43.2 Å². The summed E-state index contributed by atoms with van der Waals surface area (Å²) in [5.74, 6) is -6.54. The molecule has 428 valence electrons. The van der Waals surface area contributed by atoms with Crippen LogP contribution in [0.1, 0.15) is 82.2 Å². The highest BCUT2D eigenvalue weighted by atomic mass is 16.2. The summed E-state index contributed by atoms with van der Waals surface area (Å²) in [4.78, 5) is 134. The summed E-state index contributed by atoms with van der Waals surface area (Å²) in [6.45, 7) is 6.90. The fourth-order valence-corrected chi connectivity index (χ4v) is 9.55. The van der Waals surface area contributed by atoms with E-state index in [0.29, 0.717) is 43.5 Å². The SMILES string of the molecule is CC(C)[C@H](NC(=O)[C@H](C)NC(=O)[C@H](Cc1c[nH]c2ccccc12)NC(=O)[C@H](CCC(N)=O)NC(=O)[C@H](N)CCc1ccccc1)C(=O)N[C@@H](C)C(=O)N[C@@H](Cc1cnc[nH]1)C(=O)N1CCC[C@H]1CN[C@@H](Cc1ccccc1)C(N)=O. The number of aromatic amines is 2. The van der Waals surface area contributed by atoms with Crippen molar-refractivity contribution in [3.05, 3.63) is 126 Å². The Morgan fingerprint density at radius 1 is 0.637 bits per heavy atom. The lowest BCUT2D eigenvalue weighted by molar-refractivity contribution is -0.138. The Morgan fingerprint density at radius 2 is 1.25 bits per heavy atom. The van der Waals surface area contributed by atoms with Crippen molar-refractivity contribution in [1.82, 2.24) is 57.1 Å². The van der Waals surface area contributed by atoms with Gasteiger partial charge in [0.05, 0.1) is 18.4 Å². The van der Waals surface area contributed by atoms with Gasteiger partial charge in [-0.2, -0.15) is 0 Å². The number of carbonyl (C=O) groups is 9. The average Bonchev–Trinajstić information content (AvgIpc) is 4.27. The number of nitrogens with zero attached hydrogens (tertiary/aromatic N) is 2. The number of primary amides is 2. The van der Waals surface area contributed by atoms with Crippen LogP contribution in [0.5, 0.6) is 0 Å². The van der Waals surface area contributed by atoms with E-state index in [0.717, 1.165) is 22.0 Å². The Balaban J connectivity index is 1.09. The fourth-order valence-electron chi connectivity index (χ4n) is 9.55. The number of rotatable bonds is 30. The second kappa shape index (κ2) is 29.5. The molecule has 0 aliphatic carbocycles. The standard InChI is InChI=1S/C57H76N14O9/c1-33(2)49(56(79)66-34(3)51(74)69-47(28-39-30-61-32-64-39)57(80)71-25-13-18-40(71)31-63-45(50(60)73)26-37-16-9-6-10-17-37)70-52(75)35(4)65-55(78)46(27-38-29-62-43-20-12-11-19-41(38)43)68-54(77)44(23-24-48(59)72)67-53(76)42(58)22-21-36-14-7-5-8-15-36/h5-12,14-17,19-20,29-30,32-35,40,42,44-47,49,62-63H,13,18,21-28,31,58H2,1-4H3,(H2,59,72)(H2,60,73)(H,61,64)(H,65,78)(H,66,79)(H,67,76)(H,68,77)(H,69,74)(H,70,75)/t34-,35-,40-,42+,44-,45-,46-,47-,49-/m0/s1. The highest BCUT2D eigenvalue weighted by Gasteiger charge is 2.37. The Labute approximate surface area is 464 Å². The molecule has 0 saturated carbocycles. The third kappa shape index (κ3) is 17.8. The first-order chi connectivity index (χ1) is 38.3. The zero-order valence-electron chi connectivity index (χ0n) is 45.7. The van der Waals surface area contributed by atoms with Crippen molar-refractivity contribution in [2.75, 3.05) is 13.1 Å². The van der Waals surface area contributed by atoms with Crippen LogP contribution in [0, 0.1) is 5.92 Å². The van der Waals surface area contributed by atoms with Crippen LogP contribution in [0.15, 0.2) is 104 Å². The monoisotopic (exact) mass is 1100 g/mol. The number of nitrogens with one attached hydrogen (secondary N) is 9. The maximum atomic E-state index is 14.4. The van der Waals surface area contributed by atoms with Crippen LogP contribution in [-0.2, 0) is 68.8 Å². The predicted octanol–water partition coefficient (Wildman–Crippen LogP) is 0.184. The molecule has 3 aromatic carbocycles. The molecule has 23 nitrogen and oxygen atoms in total. The molecule has 5 aromatic rings. The van der Waals surface area contributed by atoms with Crippen molar-refractivity contribution < 1.29 is 43.2 Å². The van der Waals surface area contributed by atoms with Gasteiger partial charge in [0.1, 0.15) is 36.3 Å². The molecule has 0 spiro atoms. The van der Waals surface area contributed by atoms with E-state index < -0.39 is 102 Å². The summed E-state index contributed by atoms with van der Waals surface area (Å²) in [5, 5.41) is 20.2. The maximum Gasteiger partial charge on any atom is 0.245 e. The van der Waals surface area contributed by atoms with Crippen molar-refractivity contribution in [2.24, 2.45) is 23.1 Å².